The van der Waals surface area contributed by atoms with Crippen molar-refractivity contribution in [1.29, 1.82) is 0 Å². The van der Waals surface area contributed by atoms with Gasteiger partial charge in [0.05, 0.1) is 7.11 Å². The van der Waals surface area contributed by atoms with E-state index < -0.39 is 0 Å². The molecule has 0 saturated heterocycles. The Bertz CT molecular complexity index is 150. The Morgan fingerprint density at radius 1 is 1.44 bits per heavy atom. The van der Waals surface area contributed by atoms with Crippen LogP contribution in [0.15, 0.2) is 24.3 Å². The molecule has 1 rings (SSSR count). The minimum atomic E-state index is 0. The van der Waals surface area contributed by atoms with E-state index in [-0.39, 0.29) is 19.5 Å². The average molecular weight is 173 g/mol. The number of ether oxygens (including phenoxy) is 1. The molecule has 0 fully saturated rings. The average Bonchev–Trinajstić information content (AvgIpc) is 1.90. The third-order valence-electron chi connectivity index (χ3n) is 0.900. The predicted octanol–water partition coefficient (Wildman–Crippen LogP) is 1.49. The molecular weight excluding hydrogens is 165 g/mol. The fourth-order valence-electron chi connectivity index (χ4n) is 0.504. The van der Waals surface area contributed by atoms with Crippen molar-refractivity contribution in [2.75, 3.05) is 7.11 Å². The second-order valence-corrected chi connectivity index (χ2v) is 1.43. The summed E-state index contributed by atoms with van der Waals surface area (Å²) in [5.74, 6) is 0.785. The molecule has 1 nitrogen and oxygen atoms in total. The van der Waals surface area contributed by atoms with E-state index in [2.05, 4.69) is 6.07 Å². The van der Waals surface area contributed by atoms with E-state index in [9.17, 15) is 0 Å². The Balaban J connectivity index is 0.000000640. The molecule has 0 atom stereocenters. The maximum Gasteiger partial charge on any atom is 0.0743 e. The van der Waals surface area contributed by atoms with Gasteiger partial charge in [-0.25, -0.2) is 0 Å². The smallest absolute Gasteiger partial charge is 0.0743 e. The first kappa shape index (κ1) is 8.64. The second-order valence-electron chi connectivity index (χ2n) is 1.43. The minimum Gasteiger partial charge on any atom is -0.523 e. The van der Waals surface area contributed by atoms with Gasteiger partial charge in [0.15, 0.2) is 0 Å². The van der Waals surface area contributed by atoms with Crippen molar-refractivity contribution in [2.45, 2.75) is 0 Å². The molecular formula is C7H7OZn-. The van der Waals surface area contributed by atoms with Crippen LogP contribution in [-0.4, -0.2) is 7.11 Å². The quantitative estimate of drug-likeness (QED) is 0.461. The Hall–Kier alpha value is -0.357. The molecule has 0 N–H and O–H groups in total. The van der Waals surface area contributed by atoms with E-state index in [0.717, 1.165) is 5.75 Å². The summed E-state index contributed by atoms with van der Waals surface area (Å²) in [4.78, 5) is 0. The minimum absolute atomic E-state index is 0. The third-order valence-corrected chi connectivity index (χ3v) is 0.900. The van der Waals surface area contributed by atoms with E-state index in [1.54, 1.807) is 7.11 Å². The maximum atomic E-state index is 4.86. The van der Waals surface area contributed by atoms with E-state index in [1.165, 1.54) is 0 Å². The van der Waals surface area contributed by atoms with Crippen LogP contribution in [0.5, 0.6) is 5.75 Å². The first-order valence-corrected chi connectivity index (χ1v) is 2.44. The number of hydrogen-bond donors (Lipinski definition) is 0. The van der Waals surface area contributed by atoms with Gasteiger partial charge in [0.25, 0.3) is 0 Å². The Morgan fingerprint density at radius 3 is 2.56 bits per heavy atom. The van der Waals surface area contributed by atoms with Crippen LogP contribution in [0.1, 0.15) is 0 Å². The molecule has 2 heteroatoms. The van der Waals surface area contributed by atoms with Gasteiger partial charge in [-0.3, -0.25) is 0 Å². The van der Waals surface area contributed by atoms with Crippen LogP contribution in [0.3, 0.4) is 0 Å². The summed E-state index contributed by atoms with van der Waals surface area (Å²) in [7, 11) is 1.63. The molecule has 0 amide bonds. The number of para-hydroxylation sites is 1. The summed E-state index contributed by atoms with van der Waals surface area (Å²) in [6.07, 6.45) is 0. The number of rotatable bonds is 1. The van der Waals surface area contributed by atoms with Crippen LogP contribution in [0, 0.1) is 6.07 Å². The summed E-state index contributed by atoms with van der Waals surface area (Å²) in [6.45, 7) is 0. The molecule has 0 saturated carbocycles. The van der Waals surface area contributed by atoms with Crippen molar-refractivity contribution < 1.29 is 24.2 Å². The van der Waals surface area contributed by atoms with Crippen molar-refractivity contribution in [2.24, 2.45) is 0 Å². The van der Waals surface area contributed by atoms with Crippen molar-refractivity contribution in [3.63, 3.8) is 0 Å². The first-order chi connectivity index (χ1) is 3.93. The van der Waals surface area contributed by atoms with Crippen molar-refractivity contribution in [3.8, 4) is 5.75 Å². The molecule has 1 aromatic rings. The van der Waals surface area contributed by atoms with Gasteiger partial charge < -0.3 is 4.74 Å². The van der Waals surface area contributed by atoms with E-state index in [0.29, 0.717) is 0 Å². The topological polar surface area (TPSA) is 9.23 Å². The fourth-order valence-corrected chi connectivity index (χ4v) is 0.504. The molecule has 0 bridgehead atoms. The van der Waals surface area contributed by atoms with Crippen molar-refractivity contribution in [1.82, 2.24) is 0 Å². The normalized spacial score (nSPS) is 7.67. The molecule has 44 valence electrons. The number of methoxy groups -OCH3 is 1. The Kier molecular flexibility index (Phi) is 4.34. The van der Waals surface area contributed by atoms with Gasteiger partial charge in [0, 0.05) is 25.2 Å². The zero-order valence-corrected chi connectivity index (χ0v) is 8.39. The van der Waals surface area contributed by atoms with Gasteiger partial charge in [-0.1, -0.05) is 0 Å². The van der Waals surface area contributed by atoms with Crippen LogP contribution in [0.25, 0.3) is 0 Å². The standard InChI is InChI=1S/C7H7O.Zn/c1-8-7-5-3-2-4-6-7;/h2-5H,1H3;/q-1;. The number of hydrogen-bond acceptors (Lipinski definition) is 1. The molecule has 0 radical (unpaired) electrons. The maximum absolute atomic E-state index is 4.86. The van der Waals surface area contributed by atoms with Crippen LogP contribution in [0.4, 0.5) is 0 Å². The van der Waals surface area contributed by atoms with Crippen molar-refractivity contribution >= 4 is 0 Å². The molecule has 0 aromatic heterocycles. The first-order valence-electron chi connectivity index (χ1n) is 2.44. The summed E-state index contributed by atoms with van der Waals surface area (Å²) in [5, 5.41) is 0. The zero-order chi connectivity index (χ0) is 5.82. The molecule has 0 unspecified atom stereocenters. The van der Waals surface area contributed by atoms with E-state index in [4.69, 9.17) is 4.74 Å². The van der Waals surface area contributed by atoms with Crippen LogP contribution < -0.4 is 4.74 Å². The third kappa shape index (κ3) is 2.62. The predicted molar refractivity (Wildman–Crippen MR) is 31.8 cm³/mol. The molecule has 0 heterocycles. The largest absolute Gasteiger partial charge is 0.523 e. The molecule has 1 aromatic carbocycles. The molecule has 0 aliphatic heterocycles. The Labute approximate surface area is 67.8 Å². The van der Waals surface area contributed by atoms with Gasteiger partial charge in [-0.2, -0.15) is 18.2 Å². The van der Waals surface area contributed by atoms with Gasteiger partial charge in [0.2, 0.25) is 0 Å². The molecule has 0 aliphatic carbocycles. The molecule has 0 spiro atoms. The van der Waals surface area contributed by atoms with E-state index >= 15 is 0 Å². The summed E-state index contributed by atoms with van der Waals surface area (Å²) < 4.78 is 4.86. The van der Waals surface area contributed by atoms with Gasteiger partial charge in [0.1, 0.15) is 0 Å². The van der Waals surface area contributed by atoms with Gasteiger partial charge in [-0.15, -0.1) is 12.1 Å². The summed E-state index contributed by atoms with van der Waals surface area (Å²) >= 11 is 0. The second kappa shape index (κ2) is 4.52. The van der Waals surface area contributed by atoms with Gasteiger partial charge in [-0.05, 0) is 0 Å². The summed E-state index contributed by atoms with van der Waals surface area (Å²) in [6, 6.07) is 10.4. The molecule has 9 heavy (non-hydrogen) atoms. The fraction of sp³-hybridized carbons (Fsp3) is 0.143. The Morgan fingerprint density at radius 2 is 2.22 bits per heavy atom. The van der Waals surface area contributed by atoms with Crippen LogP contribution >= 0.6 is 0 Å². The van der Waals surface area contributed by atoms with E-state index in [1.807, 2.05) is 24.3 Å². The molecule has 0 aliphatic rings. The summed E-state index contributed by atoms with van der Waals surface area (Å²) in [5.41, 5.74) is 0. The van der Waals surface area contributed by atoms with Crippen molar-refractivity contribution in [3.05, 3.63) is 30.3 Å². The number of benzene rings is 1. The zero-order valence-electron chi connectivity index (χ0n) is 5.42. The van der Waals surface area contributed by atoms with Crippen LogP contribution in [-0.2, 0) is 19.5 Å². The van der Waals surface area contributed by atoms with Crippen LogP contribution in [0.2, 0.25) is 0 Å². The monoisotopic (exact) mass is 171 g/mol. The van der Waals surface area contributed by atoms with Gasteiger partial charge >= 0.3 is 0 Å². The SMILES string of the molecule is COc1[c-]cccc1.[Zn].